The van der Waals surface area contributed by atoms with Crippen molar-refractivity contribution in [2.24, 2.45) is 0 Å². The maximum absolute atomic E-state index is 13.7. The van der Waals surface area contributed by atoms with E-state index in [1.54, 1.807) is 0 Å². The van der Waals surface area contributed by atoms with Crippen LogP contribution in [-0.4, -0.2) is 5.78 Å². The monoisotopic (exact) mass is 318 g/mol. The average molecular weight is 318 g/mol. The van der Waals surface area contributed by atoms with Crippen molar-refractivity contribution in [3.05, 3.63) is 35.4 Å². The third kappa shape index (κ3) is 0.0977. The van der Waals surface area contributed by atoms with Crippen LogP contribution in [0.5, 0.6) is 0 Å². The van der Waals surface area contributed by atoms with Crippen LogP contribution in [0.4, 0.5) is 0 Å². The summed E-state index contributed by atoms with van der Waals surface area (Å²) in [6, 6.07) is 8.59. The average Bonchev–Trinajstić information content (AvgIpc) is 3.42. The number of carbonyl (C=O) groups excluding carboxylic acids is 1. The molecule has 8 unspecified atom stereocenters. The van der Waals surface area contributed by atoms with E-state index in [0.29, 0.717) is 10.1 Å². The number of ketones is 1. The van der Waals surface area contributed by atoms with Gasteiger partial charge in [0.1, 0.15) is 0 Å². The number of hydrogen-bond donors (Lipinski definition) is 0. The van der Waals surface area contributed by atoms with Gasteiger partial charge in [0, 0.05) is 0 Å². The molecule has 10 aliphatic rings. The molecular weight excluding hydrogens is 300 g/mol. The maximum atomic E-state index is 13.7. The van der Waals surface area contributed by atoms with Crippen LogP contribution in [0.2, 0.25) is 47.2 Å². The number of aryl methyl sites for hydroxylation is 1. The van der Waals surface area contributed by atoms with Gasteiger partial charge in [-0.15, -0.1) is 0 Å². The molecule has 10 fully saturated rings. The summed E-state index contributed by atoms with van der Waals surface area (Å²) in [7, 11) is 0. The minimum absolute atomic E-state index is 0.373. The van der Waals surface area contributed by atoms with Crippen LogP contribution in [-0.2, 0) is 6.51 Å². The summed E-state index contributed by atoms with van der Waals surface area (Å²) >= 11 is 0. The molecule has 11 rings (SSSR count). The van der Waals surface area contributed by atoms with Crippen LogP contribution in [0.15, 0.2) is 24.3 Å². The zero-order chi connectivity index (χ0) is 13.5. The van der Waals surface area contributed by atoms with E-state index in [2.05, 4.69) is 38.1 Å². The Hall–Kier alpha value is -0.591. The van der Waals surface area contributed by atoms with Gasteiger partial charge in [0.05, 0.1) is 0 Å². The van der Waals surface area contributed by atoms with Gasteiger partial charge in [-0.1, -0.05) is 0 Å². The van der Waals surface area contributed by atoms with E-state index in [9.17, 15) is 4.79 Å². The number of rotatable bonds is 2. The van der Waals surface area contributed by atoms with Gasteiger partial charge in [0.2, 0.25) is 0 Å². The molecule has 0 N–H and O–H groups in total. The van der Waals surface area contributed by atoms with Crippen molar-refractivity contribution >= 4 is 5.78 Å². The molecule has 0 bridgehead atoms. The van der Waals surface area contributed by atoms with E-state index in [-0.39, 0.29) is 0 Å². The second-order valence-electron chi connectivity index (χ2n) is 12.3. The summed E-state index contributed by atoms with van der Waals surface area (Å²) in [5, 5.41) is 0. The van der Waals surface area contributed by atoms with Crippen molar-refractivity contribution < 1.29 is 11.3 Å². The molecule has 0 radical (unpaired) electrons. The van der Waals surface area contributed by atoms with Crippen LogP contribution in [0.1, 0.15) is 22.8 Å². The molecule has 8 atom stereocenters. The summed E-state index contributed by atoms with van der Waals surface area (Å²) < 4.78 is 1.22. The van der Waals surface area contributed by atoms with Crippen molar-refractivity contribution in [2.75, 3.05) is 0 Å². The summed E-state index contributed by atoms with van der Waals surface area (Å²) in [5.74, 6) is 0.676. The third-order valence-electron chi connectivity index (χ3n) is 17.2. The Morgan fingerprint density at radius 2 is 1.48 bits per heavy atom. The minimum atomic E-state index is -3.37. The topological polar surface area (TPSA) is 17.1 Å². The van der Waals surface area contributed by atoms with Crippen molar-refractivity contribution in [2.45, 2.75) is 61.0 Å². The second-order valence-corrected chi connectivity index (χ2v) is 35.8. The number of fused-ring (bicyclic) bond motifs is 10. The molecule has 0 aromatic heterocycles. The Kier molecular flexibility index (Phi) is 0.298. The van der Waals surface area contributed by atoms with E-state index in [1.165, 1.54) is 34.5 Å². The first-order chi connectivity index (χ1) is 9.84. The van der Waals surface area contributed by atoms with Crippen molar-refractivity contribution in [3.8, 4) is 0 Å². The van der Waals surface area contributed by atoms with Crippen LogP contribution in [0, 0.1) is 6.92 Å². The quantitative estimate of drug-likeness (QED) is 0.532. The molecule has 1 nitrogen and oxygen atoms in total. The fourth-order valence-corrected chi connectivity index (χ4v) is 96.1. The van der Waals surface area contributed by atoms with Gasteiger partial charge in [-0.25, -0.2) is 0 Å². The van der Waals surface area contributed by atoms with Crippen LogP contribution in [0.25, 0.3) is 0 Å². The first-order valence-corrected chi connectivity index (χ1v) is 14.9. The Bertz CT molecular complexity index is 1310. The molecule has 10 saturated heterocycles. The Labute approximate surface area is 113 Å². The van der Waals surface area contributed by atoms with Crippen molar-refractivity contribution in [3.63, 3.8) is 0 Å². The zero-order valence-corrected chi connectivity index (χ0v) is 13.3. The number of benzene rings is 1. The third-order valence-corrected chi connectivity index (χ3v) is 61.3. The number of hydrogen-bond acceptors (Lipinski definition) is 1. The van der Waals surface area contributed by atoms with Crippen molar-refractivity contribution in [1.82, 2.24) is 0 Å². The van der Waals surface area contributed by atoms with Gasteiger partial charge in [-0.2, -0.15) is 0 Å². The molecule has 108 valence electrons. The first-order valence-electron chi connectivity index (χ1n) is 8.67. The van der Waals surface area contributed by atoms with Crippen LogP contribution >= 0.6 is 0 Å². The molecule has 1 spiro atoms. The van der Waals surface area contributed by atoms with Crippen LogP contribution < -0.4 is 0 Å². The SMILES string of the molecule is Cc1ccc(C(=O)[C]23[CH]4[CH]5[CH]6[CH]2[Fe]56432789[CH]3[CH]2[CH]7[C]8(C)[CH]39)cc1. The van der Waals surface area contributed by atoms with Crippen molar-refractivity contribution in [1.29, 1.82) is 0 Å². The molecule has 2 heteroatoms. The zero-order valence-electron chi connectivity index (χ0n) is 12.2. The van der Waals surface area contributed by atoms with Gasteiger partial charge < -0.3 is 0 Å². The first kappa shape index (κ1) is 8.31. The molecule has 21 heavy (non-hydrogen) atoms. The van der Waals surface area contributed by atoms with Gasteiger partial charge >= 0.3 is 113 Å². The number of carbonyl (C=O) groups is 1. The Balaban J connectivity index is 1.38. The van der Waals surface area contributed by atoms with E-state index in [1.807, 2.05) is 0 Å². The van der Waals surface area contributed by atoms with Gasteiger partial charge in [-0.05, 0) is 0 Å². The summed E-state index contributed by atoms with van der Waals surface area (Å²) in [6.45, 7) is 1.46. The van der Waals surface area contributed by atoms with Gasteiger partial charge in [0.15, 0.2) is 0 Å². The molecule has 1 aromatic rings. The molecule has 0 amide bonds. The van der Waals surface area contributed by atoms with E-state index < -0.39 is 6.51 Å². The Morgan fingerprint density at radius 1 is 0.952 bits per heavy atom. The van der Waals surface area contributed by atoms with E-state index in [0.717, 1.165) is 19.5 Å². The molecule has 1 aromatic carbocycles. The van der Waals surface area contributed by atoms with E-state index >= 15 is 0 Å². The molecular formula is C19H18FeO. The fraction of sp³-hybridized carbons (Fsp3) is 0.632. The standard InChI is InChI=1S/C13H11O.C6H7.Fe/c1-10-6-8-12(9-7-10)13(14)11-4-2-3-5-11;1-6-4-2-3-5-6;/h2-9H,1H3;2-5H,1H3;. The van der Waals surface area contributed by atoms with E-state index in [4.69, 9.17) is 0 Å². The van der Waals surface area contributed by atoms with Gasteiger partial charge in [0.25, 0.3) is 0 Å². The van der Waals surface area contributed by atoms with Crippen LogP contribution in [0.3, 0.4) is 0 Å². The summed E-state index contributed by atoms with van der Waals surface area (Å²) in [5.41, 5.74) is 2.36. The fourth-order valence-electron chi connectivity index (χ4n) is 19.2. The predicted octanol–water partition coefficient (Wildman–Crippen LogP) is 5.33. The predicted molar refractivity (Wildman–Crippen MR) is 76.6 cm³/mol. The normalized spacial score (nSPS) is 102. The second kappa shape index (κ2) is 0.754. The molecule has 10 aliphatic heterocycles. The summed E-state index contributed by atoms with van der Waals surface area (Å²) in [4.78, 5) is 23.2. The number of Topliss-reactive ketones (excluding diaryl/α,β-unsaturated/α-hetero) is 1. The molecule has 0 aliphatic carbocycles. The molecule has 0 saturated carbocycles. The molecule has 10 heterocycles. The summed E-state index contributed by atoms with van der Waals surface area (Å²) in [6.07, 6.45) is 0. The van der Waals surface area contributed by atoms with Gasteiger partial charge in [-0.3, -0.25) is 0 Å². The Morgan fingerprint density at radius 3 is 1.81 bits per heavy atom.